The molecule has 0 aliphatic heterocycles. The topological polar surface area (TPSA) is 100 Å². The molecular formula is C13H20N4O3. The fraction of sp³-hybridized carbons (Fsp3) is 0.769. The lowest BCUT2D eigenvalue weighted by Gasteiger charge is -2.30. The van der Waals surface area contributed by atoms with Crippen molar-refractivity contribution >= 4 is 6.03 Å². The first kappa shape index (κ1) is 13.4. The summed E-state index contributed by atoms with van der Waals surface area (Å²) in [7, 11) is 0. The molecular weight excluding hydrogens is 260 g/mol. The number of aryl methyl sites for hydroxylation is 1. The van der Waals surface area contributed by atoms with Gasteiger partial charge in [-0.2, -0.15) is 4.98 Å². The maximum Gasteiger partial charge on any atom is 0.315 e. The Kier molecular flexibility index (Phi) is 3.60. The van der Waals surface area contributed by atoms with Crippen LogP contribution in [0.3, 0.4) is 0 Å². The first-order chi connectivity index (χ1) is 9.67. The van der Waals surface area contributed by atoms with Gasteiger partial charge in [0.15, 0.2) is 5.82 Å². The molecule has 7 heteroatoms. The molecule has 20 heavy (non-hydrogen) atoms. The third-order valence-corrected chi connectivity index (χ3v) is 4.57. The minimum atomic E-state index is -0.239. The molecule has 4 atom stereocenters. The van der Waals surface area contributed by atoms with E-state index in [1.54, 1.807) is 6.92 Å². The number of amides is 2. The van der Waals surface area contributed by atoms with E-state index in [1.807, 2.05) is 0 Å². The Labute approximate surface area is 117 Å². The fourth-order valence-electron chi connectivity index (χ4n) is 3.67. The van der Waals surface area contributed by atoms with Crippen molar-refractivity contribution in [3.63, 3.8) is 0 Å². The molecule has 2 fully saturated rings. The van der Waals surface area contributed by atoms with Crippen LogP contribution in [0.5, 0.6) is 0 Å². The molecule has 0 spiro atoms. The molecule has 2 aliphatic rings. The normalized spacial score (nSPS) is 31.5. The molecule has 110 valence electrons. The van der Waals surface area contributed by atoms with Gasteiger partial charge in [-0.15, -0.1) is 0 Å². The highest BCUT2D eigenvalue weighted by atomic mass is 16.5. The van der Waals surface area contributed by atoms with E-state index in [-0.39, 0.29) is 31.1 Å². The van der Waals surface area contributed by atoms with Crippen LogP contribution < -0.4 is 10.6 Å². The van der Waals surface area contributed by atoms with Crippen molar-refractivity contribution in [2.75, 3.05) is 6.61 Å². The molecule has 1 heterocycles. The summed E-state index contributed by atoms with van der Waals surface area (Å²) in [6.45, 7) is 2.10. The third-order valence-electron chi connectivity index (χ3n) is 4.57. The van der Waals surface area contributed by atoms with Crippen LogP contribution in [0.25, 0.3) is 0 Å². The van der Waals surface area contributed by atoms with Crippen LogP contribution in [0.4, 0.5) is 4.79 Å². The quantitative estimate of drug-likeness (QED) is 0.749. The highest BCUT2D eigenvalue weighted by Gasteiger charge is 2.47. The van der Waals surface area contributed by atoms with Crippen LogP contribution in [-0.2, 0) is 6.54 Å². The molecule has 2 amide bonds. The lowest BCUT2D eigenvalue weighted by atomic mass is 9.85. The van der Waals surface area contributed by atoms with Crippen LogP contribution in [0.1, 0.15) is 31.0 Å². The summed E-state index contributed by atoms with van der Waals surface area (Å²) in [4.78, 5) is 15.9. The van der Waals surface area contributed by atoms with Gasteiger partial charge in [0.2, 0.25) is 5.89 Å². The molecule has 2 aliphatic carbocycles. The van der Waals surface area contributed by atoms with E-state index in [2.05, 4.69) is 20.8 Å². The first-order valence-electron chi connectivity index (χ1n) is 7.11. The van der Waals surface area contributed by atoms with Gasteiger partial charge in [-0.1, -0.05) is 5.16 Å². The number of carbonyl (C=O) groups excluding carboxylic acids is 1. The van der Waals surface area contributed by atoms with Gasteiger partial charge in [-0.3, -0.25) is 0 Å². The van der Waals surface area contributed by atoms with E-state index >= 15 is 0 Å². The van der Waals surface area contributed by atoms with Crippen molar-refractivity contribution in [1.82, 2.24) is 20.8 Å². The smallest absolute Gasteiger partial charge is 0.315 e. The van der Waals surface area contributed by atoms with Crippen LogP contribution in [0.15, 0.2) is 4.52 Å². The summed E-state index contributed by atoms with van der Waals surface area (Å²) in [6.07, 6.45) is 3.45. The fourth-order valence-corrected chi connectivity index (χ4v) is 3.67. The minimum Gasteiger partial charge on any atom is -0.396 e. The van der Waals surface area contributed by atoms with Crippen LogP contribution in [0.2, 0.25) is 0 Å². The van der Waals surface area contributed by atoms with Gasteiger partial charge >= 0.3 is 6.03 Å². The second-order valence-electron chi connectivity index (χ2n) is 5.77. The zero-order valence-corrected chi connectivity index (χ0v) is 11.5. The van der Waals surface area contributed by atoms with Gasteiger partial charge in [0.25, 0.3) is 0 Å². The summed E-state index contributed by atoms with van der Waals surface area (Å²) in [5.41, 5.74) is 0. The summed E-state index contributed by atoms with van der Waals surface area (Å²) in [5.74, 6) is 2.22. The molecule has 7 nitrogen and oxygen atoms in total. The lowest BCUT2D eigenvalue weighted by molar-refractivity contribution is 0.144. The number of aliphatic hydroxyl groups is 1. The van der Waals surface area contributed by atoms with Crippen molar-refractivity contribution in [2.45, 2.75) is 38.8 Å². The Balaban J connectivity index is 1.51. The number of aromatic nitrogens is 2. The summed E-state index contributed by atoms with van der Waals surface area (Å²) >= 11 is 0. The average molecular weight is 280 g/mol. The Bertz CT molecular complexity index is 490. The maximum atomic E-state index is 11.9. The molecule has 1 aromatic heterocycles. The van der Waals surface area contributed by atoms with Crippen molar-refractivity contribution in [3.8, 4) is 0 Å². The van der Waals surface area contributed by atoms with E-state index in [9.17, 15) is 9.90 Å². The predicted octanol–water partition coefficient (Wildman–Crippen LogP) is 0.584. The zero-order chi connectivity index (χ0) is 14.1. The molecule has 2 saturated carbocycles. The van der Waals surface area contributed by atoms with Gasteiger partial charge in [-0.25, -0.2) is 4.79 Å². The largest absolute Gasteiger partial charge is 0.396 e. The summed E-state index contributed by atoms with van der Waals surface area (Å²) in [6, 6.07) is -0.153. The second kappa shape index (κ2) is 5.40. The van der Waals surface area contributed by atoms with E-state index < -0.39 is 0 Å². The Morgan fingerprint density at radius 2 is 2.25 bits per heavy atom. The van der Waals surface area contributed by atoms with Crippen molar-refractivity contribution in [2.24, 2.45) is 17.8 Å². The number of rotatable bonds is 4. The van der Waals surface area contributed by atoms with Crippen molar-refractivity contribution in [3.05, 3.63) is 11.7 Å². The van der Waals surface area contributed by atoms with Crippen LogP contribution in [0, 0.1) is 24.7 Å². The second-order valence-corrected chi connectivity index (χ2v) is 5.77. The monoisotopic (exact) mass is 280 g/mol. The number of nitrogens with one attached hydrogen (secondary N) is 2. The summed E-state index contributed by atoms with van der Waals surface area (Å²) < 4.78 is 4.93. The van der Waals surface area contributed by atoms with E-state index in [0.29, 0.717) is 23.6 Å². The van der Waals surface area contributed by atoms with Crippen molar-refractivity contribution in [1.29, 1.82) is 0 Å². The number of nitrogens with zero attached hydrogens (tertiary/aromatic N) is 2. The number of urea groups is 1. The Morgan fingerprint density at radius 1 is 1.45 bits per heavy atom. The van der Waals surface area contributed by atoms with Crippen LogP contribution in [-0.4, -0.2) is 33.9 Å². The lowest BCUT2D eigenvalue weighted by Crippen LogP contribution is -2.48. The number of hydrogen-bond donors (Lipinski definition) is 3. The highest BCUT2D eigenvalue weighted by Crippen LogP contribution is 2.48. The van der Waals surface area contributed by atoms with Gasteiger partial charge in [0, 0.05) is 18.6 Å². The molecule has 2 bridgehead atoms. The first-order valence-corrected chi connectivity index (χ1v) is 7.11. The number of hydrogen-bond acceptors (Lipinski definition) is 5. The Hall–Kier alpha value is -1.63. The van der Waals surface area contributed by atoms with Crippen LogP contribution >= 0.6 is 0 Å². The third kappa shape index (κ3) is 2.49. The molecule has 0 radical (unpaired) electrons. The molecule has 4 unspecified atom stereocenters. The van der Waals surface area contributed by atoms with Crippen molar-refractivity contribution < 1.29 is 14.4 Å². The van der Waals surface area contributed by atoms with Gasteiger partial charge in [0.1, 0.15) is 0 Å². The number of aliphatic hydroxyl groups excluding tert-OH is 1. The molecule has 3 rings (SSSR count). The standard InChI is InChI=1S/C13H20N4O3/c1-7-15-11(20-17-7)5-14-13(19)16-12-9-3-2-8(4-9)10(12)6-18/h8-10,12,18H,2-6H2,1H3,(H2,14,16,19). The predicted molar refractivity (Wildman–Crippen MR) is 69.6 cm³/mol. The molecule has 0 saturated heterocycles. The van der Waals surface area contributed by atoms with Gasteiger partial charge < -0.3 is 20.3 Å². The number of carbonyl (C=O) groups is 1. The Morgan fingerprint density at radius 3 is 2.95 bits per heavy atom. The van der Waals surface area contributed by atoms with Gasteiger partial charge in [-0.05, 0) is 38.0 Å². The molecule has 0 aromatic carbocycles. The molecule has 1 aromatic rings. The van der Waals surface area contributed by atoms with Gasteiger partial charge in [0.05, 0.1) is 6.54 Å². The number of fused-ring (bicyclic) bond motifs is 2. The van der Waals surface area contributed by atoms with E-state index in [4.69, 9.17) is 4.52 Å². The highest BCUT2D eigenvalue weighted by molar-refractivity contribution is 5.74. The zero-order valence-electron chi connectivity index (χ0n) is 11.5. The SMILES string of the molecule is Cc1noc(CNC(=O)NC2C3CCC(C3)C2CO)n1. The minimum absolute atomic E-state index is 0.0863. The van der Waals surface area contributed by atoms with E-state index in [1.165, 1.54) is 6.42 Å². The van der Waals surface area contributed by atoms with E-state index in [0.717, 1.165) is 12.8 Å². The maximum absolute atomic E-state index is 11.9. The summed E-state index contributed by atoms with van der Waals surface area (Å²) in [5, 5.41) is 18.8. The molecule has 3 N–H and O–H groups in total. The average Bonchev–Trinajstić information content (AvgIpc) is 3.12.